The van der Waals surface area contributed by atoms with Gasteiger partial charge in [0.05, 0.1) is 7.11 Å². The van der Waals surface area contributed by atoms with E-state index in [1.807, 2.05) is 12.1 Å². The lowest BCUT2D eigenvalue weighted by Crippen LogP contribution is -2.29. The summed E-state index contributed by atoms with van der Waals surface area (Å²) in [6.45, 7) is 0.0393. The van der Waals surface area contributed by atoms with Crippen LogP contribution in [0.2, 0.25) is 5.02 Å². The topological polar surface area (TPSA) is 63.1 Å². The van der Waals surface area contributed by atoms with Gasteiger partial charge in [-0.2, -0.15) is 5.10 Å². The Bertz CT molecular complexity index is 665. The van der Waals surface area contributed by atoms with Gasteiger partial charge in [-0.3, -0.25) is 19.3 Å². The predicted molar refractivity (Wildman–Crippen MR) is 77.6 cm³/mol. The van der Waals surface area contributed by atoms with Crippen LogP contribution < -0.4 is 0 Å². The number of rotatable bonds is 4. The number of nitrogens with zero attached hydrogens (tertiary/aromatic N) is 3. The van der Waals surface area contributed by atoms with Crippen LogP contribution in [0.1, 0.15) is 0 Å². The number of H-pyrrole nitrogens is 1. The van der Waals surface area contributed by atoms with Gasteiger partial charge < -0.3 is 0 Å². The molecule has 0 atom stereocenters. The minimum absolute atomic E-state index is 0.0393. The number of hydrogen-bond donors (Lipinski definition) is 1. The third-order valence-electron chi connectivity index (χ3n) is 2.78. The second-order valence-corrected chi connectivity index (χ2v) is 4.84. The van der Waals surface area contributed by atoms with E-state index in [2.05, 4.69) is 10.2 Å². The Morgan fingerprint density at radius 2 is 2.15 bits per heavy atom. The molecule has 2 rings (SSSR count). The number of carbonyl (C=O) groups excluding carboxylic acids is 1. The first-order valence-corrected chi connectivity index (χ1v) is 6.53. The molecule has 0 bridgehead atoms. The van der Waals surface area contributed by atoms with Gasteiger partial charge in [0.25, 0.3) is 5.91 Å². The molecule has 0 saturated carbocycles. The van der Waals surface area contributed by atoms with Crippen LogP contribution >= 0.6 is 23.8 Å². The van der Waals surface area contributed by atoms with Gasteiger partial charge in [0.15, 0.2) is 10.6 Å². The molecule has 0 aliphatic carbocycles. The van der Waals surface area contributed by atoms with Crippen molar-refractivity contribution in [1.82, 2.24) is 19.8 Å². The largest absolute Gasteiger partial charge is 0.291 e. The van der Waals surface area contributed by atoms with E-state index in [0.717, 1.165) is 10.6 Å². The first-order chi connectivity index (χ1) is 9.52. The van der Waals surface area contributed by atoms with E-state index in [1.54, 1.807) is 16.7 Å². The fraction of sp³-hybridized carbons (Fsp3) is 0.250. The number of hydroxylamine groups is 2. The van der Waals surface area contributed by atoms with E-state index in [1.165, 1.54) is 14.2 Å². The quantitative estimate of drug-likeness (QED) is 0.695. The lowest BCUT2D eigenvalue weighted by Gasteiger charge is -2.14. The number of hydrogen-bond acceptors (Lipinski definition) is 4. The van der Waals surface area contributed by atoms with Crippen LogP contribution in [-0.4, -0.2) is 39.9 Å². The van der Waals surface area contributed by atoms with Gasteiger partial charge in [0, 0.05) is 17.6 Å². The van der Waals surface area contributed by atoms with Gasteiger partial charge in [-0.25, -0.2) is 5.06 Å². The SMILES string of the molecule is CON(C)C(=O)Cn1c(-c2ccc(Cl)cc2)n[nH]c1=S. The number of aromatic nitrogens is 3. The van der Waals surface area contributed by atoms with Gasteiger partial charge in [0.1, 0.15) is 6.54 Å². The molecular formula is C12H13ClN4O2S. The van der Waals surface area contributed by atoms with Crippen molar-refractivity contribution in [2.45, 2.75) is 6.54 Å². The molecule has 0 saturated heterocycles. The Hall–Kier alpha value is -1.70. The van der Waals surface area contributed by atoms with Crippen molar-refractivity contribution in [3.8, 4) is 11.4 Å². The highest BCUT2D eigenvalue weighted by Gasteiger charge is 2.15. The van der Waals surface area contributed by atoms with Gasteiger partial charge >= 0.3 is 0 Å². The fourth-order valence-electron chi connectivity index (χ4n) is 1.62. The summed E-state index contributed by atoms with van der Waals surface area (Å²) < 4.78 is 1.98. The summed E-state index contributed by atoms with van der Waals surface area (Å²) in [7, 11) is 2.96. The molecule has 0 spiro atoms. The molecule has 0 fully saturated rings. The van der Waals surface area contributed by atoms with Crippen LogP contribution in [0, 0.1) is 4.77 Å². The molecule has 1 amide bonds. The smallest absolute Gasteiger partial charge is 0.265 e. The highest BCUT2D eigenvalue weighted by molar-refractivity contribution is 7.71. The van der Waals surface area contributed by atoms with Crippen molar-refractivity contribution >= 4 is 29.7 Å². The molecule has 0 unspecified atom stereocenters. The Labute approximate surface area is 125 Å². The number of halogens is 1. The van der Waals surface area contributed by atoms with Crippen LogP contribution in [0.15, 0.2) is 24.3 Å². The zero-order valence-corrected chi connectivity index (χ0v) is 12.5. The number of likely N-dealkylation sites (N-methyl/N-ethyl adjacent to an activating group) is 1. The van der Waals surface area contributed by atoms with Gasteiger partial charge in [0.2, 0.25) is 0 Å². The minimum Gasteiger partial charge on any atom is -0.291 e. The van der Waals surface area contributed by atoms with E-state index in [0.29, 0.717) is 15.6 Å². The highest BCUT2D eigenvalue weighted by atomic mass is 35.5. The predicted octanol–water partition coefficient (Wildman–Crippen LogP) is 2.28. The molecule has 0 aliphatic rings. The molecule has 106 valence electrons. The Balaban J connectivity index is 2.35. The molecule has 6 nitrogen and oxygen atoms in total. The Morgan fingerprint density at radius 3 is 2.75 bits per heavy atom. The second-order valence-electron chi connectivity index (χ2n) is 4.02. The zero-order valence-electron chi connectivity index (χ0n) is 11.0. The van der Waals surface area contributed by atoms with E-state index in [9.17, 15) is 4.79 Å². The average Bonchev–Trinajstić information content (AvgIpc) is 2.80. The number of aromatic amines is 1. The van der Waals surface area contributed by atoms with E-state index in [4.69, 9.17) is 28.7 Å². The van der Waals surface area contributed by atoms with Crippen molar-refractivity contribution in [2.75, 3.05) is 14.2 Å². The maximum Gasteiger partial charge on any atom is 0.265 e. The molecule has 8 heteroatoms. The number of nitrogens with one attached hydrogen (secondary N) is 1. The lowest BCUT2D eigenvalue weighted by molar-refractivity contribution is -0.169. The first kappa shape index (κ1) is 14.7. The number of benzene rings is 1. The molecule has 1 aromatic heterocycles. The normalized spacial score (nSPS) is 10.6. The molecule has 1 heterocycles. The summed E-state index contributed by atoms with van der Waals surface area (Å²) >= 11 is 11.0. The molecule has 1 N–H and O–H groups in total. The molecule has 1 aromatic carbocycles. The maximum atomic E-state index is 11.9. The minimum atomic E-state index is -0.236. The molecule has 2 aromatic rings. The summed E-state index contributed by atoms with van der Waals surface area (Å²) in [5.74, 6) is 0.338. The molecule has 0 aliphatic heterocycles. The van der Waals surface area contributed by atoms with Crippen LogP contribution in [0.4, 0.5) is 0 Å². The summed E-state index contributed by atoms with van der Waals surface area (Å²) in [6.07, 6.45) is 0. The van der Waals surface area contributed by atoms with E-state index in [-0.39, 0.29) is 12.5 Å². The second kappa shape index (κ2) is 6.17. The van der Waals surface area contributed by atoms with Gasteiger partial charge in [-0.1, -0.05) is 11.6 Å². The Morgan fingerprint density at radius 1 is 1.50 bits per heavy atom. The lowest BCUT2D eigenvalue weighted by atomic mass is 10.2. The maximum absolute atomic E-state index is 11.9. The third-order valence-corrected chi connectivity index (χ3v) is 3.34. The summed E-state index contributed by atoms with van der Waals surface area (Å²) in [5, 5.41) is 8.60. The standard InChI is InChI=1S/C12H13ClN4O2S/c1-16(19-2)10(18)7-17-11(14-15-12(17)20)8-3-5-9(13)6-4-8/h3-6H,7H2,1-2H3,(H,15,20). The monoisotopic (exact) mass is 312 g/mol. The van der Waals surface area contributed by atoms with Crippen molar-refractivity contribution < 1.29 is 9.63 Å². The highest BCUT2D eigenvalue weighted by Crippen LogP contribution is 2.20. The Kier molecular flexibility index (Phi) is 4.53. The van der Waals surface area contributed by atoms with Gasteiger partial charge in [-0.15, -0.1) is 0 Å². The van der Waals surface area contributed by atoms with Gasteiger partial charge in [-0.05, 0) is 36.5 Å². The molecule has 20 heavy (non-hydrogen) atoms. The van der Waals surface area contributed by atoms with Crippen molar-refractivity contribution in [3.05, 3.63) is 34.1 Å². The molecular weight excluding hydrogens is 300 g/mol. The van der Waals surface area contributed by atoms with Crippen LogP contribution in [-0.2, 0) is 16.2 Å². The fourth-order valence-corrected chi connectivity index (χ4v) is 1.94. The van der Waals surface area contributed by atoms with Crippen molar-refractivity contribution in [1.29, 1.82) is 0 Å². The van der Waals surface area contributed by atoms with Crippen molar-refractivity contribution in [3.63, 3.8) is 0 Å². The summed E-state index contributed by atoms with van der Waals surface area (Å²) in [6, 6.07) is 7.13. The summed E-state index contributed by atoms with van der Waals surface area (Å²) in [4.78, 5) is 16.8. The number of carbonyl (C=O) groups is 1. The first-order valence-electron chi connectivity index (χ1n) is 5.74. The van der Waals surface area contributed by atoms with E-state index >= 15 is 0 Å². The average molecular weight is 313 g/mol. The zero-order chi connectivity index (χ0) is 14.7. The van der Waals surface area contributed by atoms with Crippen LogP contribution in [0.5, 0.6) is 0 Å². The van der Waals surface area contributed by atoms with Crippen LogP contribution in [0.25, 0.3) is 11.4 Å². The molecule has 0 radical (unpaired) electrons. The number of amides is 1. The van der Waals surface area contributed by atoms with Crippen LogP contribution in [0.3, 0.4) is 0 Å². The van der Waals surface area contributed by atoms with Crippen molar-refractivity contribution in [2.24, 2.45) is 0 Å². The third kappa shape index (κ3) is 3.06. The van der Waals surface area contributed by atoms with E-state index < -0.39 is 0 Å². The summed E-state index contributed by atoms with van der Waals surface area (Å²) in [5.41, 5.74) is 0.814.